The molecule has 1 rings (SSSR count). The fraction of sp³-hybridized carbons (Fsp3) is 0.400. The number of rotatable bonds is 6. The summed E-state index contributed by atoms with van der Waals surface area (Å²) < 4.78 is 4.76. The second kappa shape index (κ2) is 6.04. The Kier molecular flexibility index (Phi) is 4.68. The van der Waals surface area contributed by atoms with Crippen molar-refractivity contribution in [1.29, 1.82) is 0 Å². The standard InChI is InChI=1S/C10H14N2O4/c1-16-7-10(13)6-11-8-2-4-9(5-3-8)12(14)15/h2-5,10-11,13H,6-7H2,1H3. The highest BCUT2D eigenvalue weighted by Gasteiger charge is 2.05. The van der Waals surface area contributed by atoms with Crippen molar-refractivity contribution in [3.63, 3.8) is 0 Å². The van der Waals surface area contributed by atoms with Crippen molar-refractivity contribution in [3.05, 3.63) is 34.4 Å². The number of nitrogens with one attached hydrogen (secondary N) is 1. The van der Waals surface area contributed by atoms with E-state index >= 15 is 0 Å². The number of benzene rings is 1. The third kappa shape index (κ3) is 3.84. The van der Waals surface area contributed by atoms with E-state index < -0.39 is 11.0 Å². The molecular formula is C10H14N2O4. The van der Waals surface area contributed by atoms with Gasteiger partial charge in [-0.15, -0.1) is 0 Å². The lowest BCUT2D eigenvalue weighted by Gasteiger charge is -2.11. The van der Waals surface area contributed by atoms with Crippen molar-refractivity contribution in [3.8, 4) is 0 Å². The minimum absolute atomic E-state index is 0.0444. The number of ether oxygens (including phenoxy) is 1. The van der Waals surface area contributed by atoms with E-state index in [0.717, 1.165) is 5.69 Å². The maximum Gasteiger partial charge on any atom is 0.269 e. The van der Waals surface area contributed by atoms with Gasteiger partial charge in [0, 0.05) is 31.5 Å². The summed E-state index contributed by atoms with van der Waals surface area (Å²) in [6.45, 7) is 0.589. The normalized spacial score (nSPS) is 12.1. The molecule has 16 heavy (non-hydrogen) atoms. The maximum absolute atomic E-state index is 10.4. The Morgan fingerprint density at radius 1 is 1.50 bits per heavy atom. The summed E-state index contributed by atoms with van der Waals surface area (Å²) in [4.78, 5) is 9.94. The van der Waals surface area contributed by atoms with Gasteiger partial charge < -0.3 is 15.2 Å². The molecule has 88 valence electrons. The number of nitro benzene ring substituents is 1. The molecule has 0 fully saturated rings. The molecule has 0 saturated carbocycles. The van der Waals surface area contributed by atoms with Gasteiger partial charge in [0.15, 0.2) is 0 Å². The van der Waals surface area contributed by atoms with Gasteiger partial charge in [0.05, 0.1) is 17.6 Å². The van der Waals surface area contributed by atoms with Crippen LogP contribution < -0.4 is 5.32 Å². The Balaban J connectivity index is 2.46. The largest absolute Gasteiger partial charge is 0.389 e. The van der Waals surface area contributed by atoms with Gasteiger partial charge in [0.1, 0.15) is 0 Å². The molecule has 2 N–H and O–H groups in total. The highest BCUT2D eigenvalue weighted by molar-refractivity contribution is 5.48. The van der Waals surface area contributed by atoms with Crippen LogP contribution in [0.5, 0.6) is 0 Å². The second-order valence-corrected chi connectivity index (χ2v) is 3.29. The Morgan fingerprint density at radius 2 is 2.12 bits per heavy atom. The second-order valence-electron chi connectivity index (χ2n) is 3.29. The lowest BCUT2D eigenvalue weighted by molar-refractivity contribution is -0.384. The van der Waals surface area contributed by atoms with Crippen molar-refractivity contribution in [1.82, 2.24) is 0 Å². The fourth-order valence-corrected chi connectivity index (χ4v) is 1.19. The monoisotopic (exact) mass is 226 g/mol. The molecule has 0 aliphatic carbocycles. The van der Waals surface area contributed by atoms with E-state index in [1.54, 1.807) is 12.1 Å². The molecule has 6 heteroatoms. The summed E-state index contributed by atoms with van der Waals surface area (Å²) in [7, 11) is 1.51. The number of non-ortho nitro benzene ring substituents is 1. The van der Waals surface area contributed by atoms with Crippen LogP contribution in [0.1, 0.15) is 0 Å². The Labute approximate surface area is 93.0 Å². The van der Waals surface area contributed by atoms with Crippen LogP contribution in [0.25, 0.3) is 0 Å². The highest BCUT2D eigenvalue weighted by atomic mass is 16.6. The molecule has 6 nitrogen and oxygen atoms in total. The molecule has 0 aromatic heterocycles. The SMILES string of the molecule is COCC(O)CNc1ccc([N+](=O)[O-])cc1. The zero-order valence-electron chi connectivity index (χ0n) is 8.92. The van der Waals surface area contributed by atoms with Gasteiger partial charge in [-0.25, -0.2) is 0 Å². The molecule has 0 spiro atoms. The zero-order valence-corrected chi connectivity index (χ0v) is 8.92. The number of methoxy groups -OCH3 is 1. The summed E-state index contributed by atoms with van der Waals surface area (Å²) in [5.41, 5.74) is 0.767. The Bertz CT molecular complexity index is 339. The molecule has 0 amide bonds. The summed E-state index contributed by atoms with van der Waals surface area (Å²) in [6.07, 6.45) is -0.597. The van der Waals surface area contributed by atoms with E-state index in [-0.39, 0.29) is 12.3 Å². The lowest BCUT2D eigenvalue weighted by Crippen LogP contribution is -2.24. The number of hydrogen-bond acceptors (Lipinski definition) is 5. The van der Waals surface area contributed by atoms with Crippen molar-refractivity contribution in [2.75, 3.05) is 25.6 Å². The maximum atomic E-state index is 10.4. The first-order valence-corrected chi connectivity index (χ1v) is 4.79. The quantitative estimate of drug-likeness (QED) is 0.558. The minimum Gasteiger partial charge on any atom is -0.389 e. The molecule has 0 radical (unpaired) electrons. The molecule has 0 saturated heterocycles. The smallest absolute Gasteiger partial charge is 0.269 e. The van der Waals surface area contributed by atoms with Crippen molar-refractivity contribution in [2.45, 2.75) is 6.10 Å². The molecule has 1 aromatic carbocycles. The van der Waals surface area contributed by atoms with Crippen molar-refractivity contribution in [2.24, 2.45) is 0 Å². The minimum atomic E-state index is -0.597. The highest BCUT2D eigenvalue weighted by Crippen LogP contribution is 2.15. The van der Waals surface area contributed by atoms with E-state index in [4.69, 9.17) is 4.74 Å². The Hall–Kier alpha value is -1.66. The summed E-state index contributed by atoms with van der Waals surface area (Å²) in [5, 5.41) is 22.7. The van der Waals surface area contributed by atoms with Crippen LogP contribution in [0.2, 0.25) is 0 Å². The van der Waals surface area contributed by atoms with Crippen molar-refractivity contribution < 1.29 is 14.8 Å². The van der Waals surface area contributed by atoms with Gasteiger partial charge in [-0.3, -0.25) is 10.1 Å². The predicted octanol–water partition coefficient (Wildman–Crippen LogP) is 1.01. The summed E-state index contributed by atoms with van der Waals surface area (Å²) in [6, 6.07) is 6.01. The third-order valence-corrected chi connectivity index (χ3v) is 1.98. The molecule has 1 aromatic rings. The first kappa shape index (κ1) is 12.4. The first-order valence-electron chi connectivity index (χ1n) is 4.79. The van der Waals surface area contributed by atoms with Crippen LogP contribution in [-0.2, 0) is 4.74 Å². The van der Waals surface area contributed by atoms with Crippen LogP contribution in [-0.4, -0.2) is 36.4 Å². The molecule has 1 unspecified atom stereocenters. The van der Waals surface area contributed by atoms with Gasteiger partial charge in [0.2, 0.25) is 0 Å². The van der Waals surface area contributed by atoms with Gasteiger partial charge >= 0.3 is 0 Å². The molecular weight excluding hydrogens is 212 g/mol. The van der Waals surface area contributed by atoms with E-state index in [0.29, 0.717) is 6.54 Å². The molecule has 0 heterocycles. The molecule has 0 bridgehead atoms. The van der Waals surface area contributed by atoms with Crippen LogP contribution in [0.3, 0.4) is 0 Å². The van der Waals surface area contributed by atoms with E-state index in [1.807, 2.05) is 0 Å². The Morgan fingerprint density at radius 3 is 2.62 bits per heavy atom. The third-order valence-electron chi connectivity index (χ3n) is 1.98. The number of hydrogen-bond donors (Lipinski definition) is 2. The summed E-state index contributed by atoms with van der Waals surface area (Å²) >= 11 is 0. The average Bonchev–Trinajstić information content (AvgIpc) is 2.27. The van der Waals surface area contributed by atoms with E-state index in [2.05, 4.69) is 5.32 Å². The van der Waals surface area contributed by atoms with Crippen LogP contribution in [0, 0.1) is 10.1 Å². The number of nitro groups is 1. The summed E-state index contributed by atoms with van der Waals surface area (Å²) in [5.74, 6) is 0. The van der Waals surface area contributed by atoms with Gasteiger partial charge in [-0.05, 0) is 12.1 Å². The van der Waals surface area contributed by atoms with Crippen molar-refractivity contribution >= 4 is 11.4 Å². The van der Waals surface area contributed by atoms with E-state index in [9.17, 15) is 15.2 Å². The van der Waals surface area contributed by atoms with E-state index in [1.165, 1.54) is 19.2 Å². The van der Waals surface area contributed by atoms with Crippen LogP contribution in [0.4, 0.5) is 11.4 Å². The molecule has 0 aliphatic heterocycles. The van der Waals surface area contributed by atoms with Gasteiger partial charge in [0.25, 0.3) is 5.69 Å². The number of aliphatic hydroxyl groups is 1. The number of nitrogens with zero attached hydrogens (tertiary/aromatic N) is 1. The molecule has 1 atom stereocenters. The molecule has 0 aliphatic rings. The predicted molar refractivity (Wildman–Crippen MR) is 59.5 cm³/mol. The first-order chi connectivity index (χ1) is 7.63. The van der Waals surface area contributed by atoms with Crippen LogP contribution in [0.15, 0.2) is 24.3 Å². The van der Waals surface area contributed by atoms with Gasteiger partial charge in [-0.1, -0.05) is 0 Å². The topological polar surface area (TPSA) is 84.6 Å². The fourth-order valence-electron chi connectivity index (χ4n) is 1.19. The lowest BCUT2D eigenvalue weighted by atomic mass is 10.2. The number of anilines is 1. The zero-order chi connectivity index (χ0) is 12.0. The number of aliphatic hydroxyl groups excluding tert-OH is 1. The average molecular weight is 226 g/mol. The van der Waals surface area contributed by atoms with Crippen LogP contribution >= 0.6 is 0 Å². The van der Waals surface area contributed by atoms with Gasteiger partial charge in [-0.2, -0.15) is 0 Å².